The Labute approximate surface area is 352 Å². The number of benzene rings is 2. The molecule has 4 aromatic heterocycles. The van der Waals surface area contributed by atoms with Crippen LogP contribution in [0.25, 0.3) is 27.6 Å². The number of nitrogens with zero attached hydrogens (tertiary/aromatic N) is 10. The maximum absolute atomic E-state index is 13.4. The maximum Gasteiger partial charge on any atom is 0.329 e. The van der Waals surface area contributed by atoms with Gasteiger partial charge in [0, 0.05) is 81.8 Å². The van der Waals surface area contributed by atoms with Gasteiger partial charge >= 0.3 is 5.69 Å². The Morgan fingerprint density at radius 1 is 0.902 bits per heavy atom. The second-order valence-electron chi connectivity index (χ2n) is 17.2. The van der Waals surface area contributed by atoms with Crippen molar-refractivity contribution in [1.82, 2.24) is 48.6 Å². The van der Waals surface area contributed by atoms with E-state index in [0.717, 1.165) is 86.3 Å². The lowest BCUT2D eigenvalue weighted by atomic mass is 9.85. The molecule has 10 rings (SSSR count). The maximum atomic E-state index is 13.4. The molecule has 0 bridgehead atoms. The average molecular weight is 829 g/mol. The highest BCUT2D eigenvalue weighted by atomic mass is 16.5. The first kappa shape index (κ1) is 39.1. The lowest BCUT2D eigenvalue weighted by molar-refractivity contribution is -0.135. The van der Waals surface area contributed by atoms with Crippen LogP contribution in [0, 0.1) is 5.92 Å². The highest BCUT2D eigenvalue weighted by molar-refractivity contribution is 6.08. The van der Waals surface area contributed by atoms with Crippen molar-refractivity contribution in [3.63, 3.8) is 0 Å². The highest BCUT2D eigenvalue weighted by Gasteiger charge is 2.33. The molecular weight excluding hydrogens is 777 g/mol. The molecule has 0 radical (unpaired) electrons. The Morgan fingerprint density at radius 2 is 1.70 bits per heavy atom. The van der Waals surface area contributed by atoms with Crippen molar-refractivity contribution >= 4 is 56.8 Å². The normalized spacial score (nSPS) is 22.3. The summed E-state index contributed by atoms with van der Waals surface area (Å²) in [6, 6.07) is 13.7. The number of aromatic nitrogens is 7. The number of hydrogen-bond donors (Lipinski definition) is 2. The zero-order valence-electron chi connectivity index (χ0n) is 34.7. The van der Waals surface area contributed by atoms with Crippen LogP contribution in [0.1, 0.15) is 73.8 Å². The van der Waals surface area contributed by atoms with Crippen LogP contribution >= 0.6 is 0 Å². The molecule has 4 aliphatic rings. The number of amides is 3. The predicted octanol–water partition coefficient (Wildman–Crippen LogP) is 3.99. The number of imidazole rings is 2. The van der Waals surface area contributed by atoms with E-state index in [0.29, 0.717) is 47.2 Å². The van der Waals surface area contributed by atoms with Gasteiger partial charge in [-0.25, -0.2) is 9.78 Å². The third-order valence-corrected chi connectivity index (χ3v) is 13.7. The van der Waals surface area contributed by atoms with E-state index in [4.69, 9.17) is 9.84 Å². The number of fused-ring (bicyclic) bond motifs is 3. The van der Waals surface area contributed by atoms with Crippen LogP contribution in [-0.2, 0) is 16.6 Å². The summed E-state index contributed by atoms with van der Waals surface area (Å²) in [7, 11) is 3.32. The zero-order valence-corrected chi connectivity index (χ0v) is 34.7. The summed E-state index contributed by atoms with van der Waals surface area (Å²) in [5, 5.41) is 15.5. The molecule has 2 N–H and O–H groups in total. The largest absolute Gasteiger partial charge is 0.496 e. The van der Waals surface area contributed by atoms with Gasteiger partial charge in [-0.2, -0.15) is 14.7 Å². The van der Waals surface area contributed by atoms with Gasteiger partial charge in [0.2, 0.25) is 11.8 Å². The van der Waals surface area contributed by atoms with Gasteiger partial charge in [0.25, 0.3) is 5.91 Å². The van der Waals surface area contributed by atoms with Crippen molar-refractivity contribution in [2.45, 2.75) is 69.5 Å². The van der Waals surface area contributed by atoms with Crippen LogP contribution in [0.2, 0.25) is 0 Å². The number of nitrogens with one attached hydrogen (secondary N) is 2. The number of aryl methyl sites for hydroxylation is 1. The molecule has 1 saturated carbocycles. The van der Waals surface area contributed by atoms with Gasteiger partial charge in [0.1, 0.15) is 11.8 Å². The molecule has 17 nitrogen and oxygen atoms in total. The number of likely N-dealkylation sites (tertiary alicyclic amines) is 1. The summed E-state index contributed by atoms with van der Waals surface area (Å²) in [5.74, 6) is 0.639. The van der Waals surface area contributed by atoms with E-state index in [1.807, 2.05) is 24.3 Å². The minimum absolute atomic E-state index is 0.226. The fourth-order valence-electron chi connectivity index (χ4n) is 10.3. The lowest BCUT2D eigenvalue weighted by Gasteiger charge is -2.44. The Balaban J connectivity index is 0.696. The van der Waals surface area contributed by atoms with Crippen LogP contribution in [-0.4, -0.2) is 120 Å². The molecule has 1 unspecified atom stereocenters. The SMILES string of the molecule is COc1cc2nn(C3CCC(CN4CCC(N5CCN(c6ccc7c(c6)n(C)c(=O)n7C6CCC(=O)NC6=O)CC5)CC4)CC3)cc2cc1C(=O)Nc1cnc2cccnn12. The number of imide groups is 1. The van der Waals surface area contributed by atoms with Gasteiger partial charge in [-0.3, -0.25) is 38.4 Å². The van der Waals surface area contributed by atoms with Gasteiger partial charge in [0.05, 0.1) is 41.5 Å². The number of ether oxygens (including phenoxy) is 1. The molecule has 1 atom stereocenters. The lowest BCUT2D eigenvalue weighted by Crippen LogP contribution is -2.53. The van der Waals surface area contributed by atoms with Crippen LogP contribution in [0.3, 0.4) is 0 Å². The Hall–Kier alpha value is -6.07. The summed E-state index contributed by atoms with van der Waals surface area (Å²) < 4.78 is 12.5. The molecule has 4 fully saturated rings. The molecular formula is C44H52N12O5. The molecule has 61 heavy (non-hydrogen) atoms. The van der Waals surface area contributed by atoms with Crippen molar-refractivity contribution < 1.29 is 19.1 Å². The highest BCUT2D eigenvalue weighted by Crippen LogP contribution is 2.35. The number of carbonyl (C=O) groups is 3. The van der Waals surface area contributed by atoms with E-state index in [-0.39, 0.29) is 23.9 Å². The van der Waals surface area contributed by atoms with Gasteiger partial charge in [-0.15, -0.1) is 0 Å². The minimum Gasteiger partial charge on any atom is -0.496 e. The predicted molar refractivity (Wildman–Crippen MR) is 230 cm³/mol. The quantitative estimate of drug-likeness (QED) is 0.202. The van der Waals surface area contributed by atoms with Crippen molar-refractivity contribution in [3.8, 4) is 5.75 Å². The van der Waals surface area contributed by atoms with E-state index in [1.165, 1.54) is 25.7 Å². The standard InChI is InChI=1S/C44H52N12O5/c1-50-37-23-32(9-10-35(37)55(44(50)60)36-11-12-41(57)48-43(36)59)53-20-18-52(19-21-53)30-13-16-51(17-14-30)26-28-5-7-31(8-6-28)54-27-29-22-33(38(61-2)24-34(29)49-54)42(58)47-40-25-45-39-4-3-15-46-56(39)40/h3-4,9-10,15,22-25,27-28,30-31,36H,5-8,11-14,16-21,26H2,1-2H3,(H,47,58)(H,48,57,59). The average Bonchev–Trinajstić information content (AvgIpc) is 3.97. The van der Waals surface area contributed by atoms with Crippen LogP contribution in [0.15, 0.2) is 65.8 Å². The fraction of sp³-hybridized carbons (Fsp3) is 0.477. The first-order valence-electron chi connectivity index (χ1n) is 21.6. The number of piperazine rings is 1. The Morgan fingerprint density at radius 3 is 2.48 bits per heavy atom. The fourth-order valence-corrected chi connectivity index (χ4v) is 10.3. The molecule has 3 saturated heterocycles. The van der Waals surface area contributed by atoms with Gasteiger partial charge in [-0.05, 0) is 100 Å². The Bertz CT molecular complexity index is 2690. The number of carbonyl (C=O) groups excluding carboxylic acids is 3. The summed E-state index contributed by atoms with van der Waals surface area (Å²) in [4.78, 5) is 63.1. The molecule has 1 aliphatic carbocycles. The number of piperidine rings is 2. The molecule has 17 heteroatoms. The van der Waals surface area contributed by atoms with Gasteiger partial charge in [-0.1, -0.05) is 0 Å². The molecule has 7 heterocycles. The second kappa shape index (κ2) is 16.1. The molecule has 6 aromatic rings. The molecule has 0 spiro atoms. The molecule has 3 aliphatic heterocycles. The van der Waals surface area contributed by atoms with E-state index in [9.17, 15) is 19.2 Å². The van der Waals surface area contributed by atoms with Crippen LogP contribution in [0.5, 0.6) is 5.75 Å². The molecule has 2 aromatic carbocycles. The van der Waals surface area contributed by atoms with Gasteiger partial charge in [0.15, 0.2) is 11.5 Å². The second-order valence-corrected chi connectivity index (χ2v) is 17.2. The van der Waals surface area contributed by atoms with Crippen molar-refractivity contribution in [1.29, 1.82) is 0 Å². The third-order valence-electron chi connectivity index (χ3n) is 13.7. The topological polar surface area (TPSA) is 169 Å². The summed E-state index contributed by atoms with van der Waals surface area (Å²) in [6.45, 7) is 7.29. The van der Waals surface area contributed by atoms with Crippen molar-refractivity contribution in [3.05, 3.63) is 77.1 Å². The van der Waals surface area contributed by atoms with E-state index < -0.39 is 11.9 Å². The number of anilines is 2. The minimum atomic E-state index is -0.681. The smallest absolute Gasteiger partial charge is 0.329 e. The first-order chi connectivity index (χ1) is 29.7. The molecule has 3 amide bonds. The van der Waals surface area contributed by atoms with Crippen molar-refractivity contribution in [2.75, 3.05) is 63.1 Å². The number of methoxy groups -OCH3 is 1. The summed E-state index contributed by atoms with van der Waals surface area (Å²) >= 11 is 0. The van der Waals surface area contributed by atoms with E-state index >= 15 is 0 Å². The summed E-state index contributed by atoms with van der Waals surface area (Å²) in [5.41, 5.74) is 4.25. The van der Waals surface area contributed by atoms with E-state index in [2.05, 4.69) is 58.4 Å². The number of rotatable bonds is 9. The zero-order chi connectivity index (χ0) is 41.8. The Kier molecular flexibility index (Phi) is 10.3. The van der Waals surface area contributed by atoms with Crippen molar-refractivity contribution in [2.24, 2.45) is 13.0 Å². The van der Waals surface area contributed by atoms with E-state index in [1.54, 1.807) is 46.3 Å². The first-order valence-corrected chi connectivity index (χ1v) is 21.6. The summed E-state index contributed by atoms with van der Waals surface area (Å²) in [6.07, 6.45) is 12.8. The van der Waals surface area contributed by atoms with Crippen LogP contribution < -0.4 is 26.0 Å². The monoisotopic (exact) mass is 828 g/mol. The molecule has 318 valence electrons. The number of hydrogen-bond acceptors (Lipinski definition) is 11. The van der Waals surface area contributed by atoms with Crippen LogP contribution in [0.4, 0.5) is 11.5 Å². The van der Waals surface area contributed by atoms with Gasteiger partial charge < -0.3 is 19.9 Å². The third kappa shape index (κ3) is 7.43.